The molecule has 0 saturated carbocycles. The number of aromatic nitrogens is 1. The van der Waals surface area contributed by atoms with Crippen molar-refractivity contribution < 1.29 is 13.2 Å². The number of hydrogen-bond donors (Lipinski definition) is 1. The molecular weight excluding hydrogens is 421 g/mol. The Morgan fingerprint density at radius 2 is 1.79 bits per heavy atom. The zero-order valence-corrected chi connectivity index (χ0v) is 17.7. The van der Waals surface area contributed by atoms with Crippen LogP contribution < -0.4 is 5.32 Å². The zero-order valence-electron chi connectivity index (χ0n) is 15.4. The van der Waals surface area contributed by atoms with Gasteiger partial charge in [-0.15, -0.1) is 0 Å². The summed E-state index contributed by atoms with van der Waals surface area (Å²) in [6.45, 7) is 2.79. The molecule has 2 aromatic rings. The Labute approximate surface area is 174 Å². The molecule has 0 spiro atoms. The Balaban J connectivity index is 1.86. The van der Waals surface area contributed by atoms with Crippen molar-refractivity contribution in [3.63, 3.8) is 0 Å². The molecule has 9 heteroatoms. The van der Waals surface area contributed by atoms with E-state index in [-0.39, 0.29) is 20.6 Å². The van der Waals surface area contributed by atoms with Crippen molar-refractivity contribution in [3.05, 3.63) is 51.8 Å². The van der Waals surface area contributed by atoms with Crippen LogP contribution in [-0.4, -0.2) is 36.7 Å². The van der Waals surface area contributed by atoms with Gasteiger partial charge in [-0.25, -0.2) is 13.4 Å². The lowest BCUT2D eigenvalue weighted by atomic mass is 10.2. The van der Waals surface area contributed by atoms with Gasteiger partial charge < -0.3 is 5.32 Å². The number of aryl methyl sites for hydroxylation is 1. The van der Waals surface area contributed by atoms with Gasteiger partial charge in [0.25, 0.3) is 5.91 Å². The van der Waals surface area contributed by atoms with Crippen LogP contribution in [0.1, 0.15) is 41.6 Å². The molecule has 1 fully saturated rings. The van der Waals surface area contributed by atoms with Gasteiger partial charge >= 0.3 is 0 Å². The van der Waals surface area contributed by atoms with E-state index in [0.29, 0.717) is 24.3 Å². The lowest BCUT2D eigenvalue weighted by Crippen LogP contribution is -2.32. The van der Waals surface area contributed by atoms with Crippen LogP contribution in [-0.2, 0) is 10.0 Å². The van der Waals surface area contributed by atoms with E-state index in [9.17, 15) is 13.2 Å². The summed E-state index contributed by atoms with van der Waals surface area (Å²) in [5, 5.41) is 2.98. The number of nitrogens with one attached hydrogen (secondary N) is 1. The molecule has 1 N–H and O–H groups in total. The summed E-state index contributed by atoms with van der Waals surface area (Å²) in [6.07, 6.45) is 5.11. The number of rotatable bonds is 4. The topological polar surface area (TPSA) is 79.4 Å². The first-order valence-corrected chi connectivity index (χ1v) is 11.2. The molecule has 1 saturated heterocycles. The molecule has 28 heavy (non-hydrogen) atoms. The average molecular weight is 442 g/mol. The van der Waals surface area contributed by atoms with Crippen molar-refractivity contribution >= 4 is 44.8 Å². The number of pyridine rings is 1. The molecule has 0 atom stereocenters. The third-order valence-corrected chi connectivity index (χ3v) is 7.41. The minimum absolute atomic E-state index is 0.111. The van der Waals surface area contributed by atoms with Crippen LogP contribution >= 0.6 is 23.2 Å². The Kier molecular flexibility index (Phi) is 6.60. The SMILES string of the molecule is Cc1ccc(NC(=O)c2cnc(Cl)c(Cl)c2)cc1S(=O)(=O)N1CCCCCC1. The summed E-state index contributed by atoms with van der Waals surface area (Å²) in [4.78, 5) is 16.5. The molecule has 0 aliphatic carbocycles. The van der Waals surface area contributed by atoms with Gasteiger partial charge in [-0.05, 0) is 43.5 Å². The summed E-state index contributed by atoms with van der Waals surface area (Å²) in [5.74, 6) is -0.451. The average Bonchev–Trinajstić information content (AvgIpc) is 2.95. The van der Waals surface area contributed by atoms with Crippen molar-refractivity contribution in [3.8, 4) is 0 Å². The first kappa shape index (κ1) is 21.0. The van der Waals surface area contributed by atoms with E-state index in [2.05, 4.69) is 10.3 Å². The lowest BCUT2D eigenvalue weighted by Gasteiger charge is -2.21. The number of nitrogens with zero attached hydrogens (tertiary/aromatic N) is 2. The van der Waals surface area contributed by atoms with E-state index in [1.165, 1.54) is 22.6 Å². The number of hydrogen-bond acceptors (Lipinski definition) is 4. The number of anilines is 1. The van der Waals surface area contributed by atoms with E-state index in [1.54, 1.807) is 19.1 Å². The maximum atomic E-state index is 13.1. The van der Waals surface area contributed by atoms with E-state index in [1.807, 2.05) is 0 Å². The second-order valence-electron chi connectivity index (χ2n) is 6.75. The number of sulfonamides is 1. The second kappa shape index (κ2) is 8.78. The number of amides is 1. The molecule has 0 bridgehead atoms. The summed E-state index contributed by atoms with van der Waals surface area (Å²) in [7, 11) is -3.62. The molecule has 0 unspecified atom stereocenters. The smallest absolute Gasteiger partial charge is 0.257 e. The quantitative estimate of drug-likeness (QED) is 0.707. The van der Waals surface area contributed by atoms with Crippen molar-refractivity contribution in [1.82, 2.24) is 9.29 Å². The first-order chi connectivity index (χ1) is 13.3. The fourth-order valence-corrected chi connectivity index (χ4v) is 5.16. The molecule has 2 heterocycles. The van der Waals surface area contributed by atoms with E-state index in [0.717, 1.165) is 25.7 Å². The van der Waals surface area contributed by atoms with Crippen LogP contribution in [0.2, 0.25) is 10.2 Å². The first-order valence-electron chi connectivity index (χ1n) is 9.02. The van der Waals surface area contributed by atoms with Gasteiger partial charge in [0.2, 0.25) is 10.0 Å². The molecule has 6 nitrogen and oxygen atoms in total. The van der Waals surface area contributed by atoms with Crippen LogP contribution in [0.3, 0.4) is 0 Å². The maximum absolute atomic E-state index is 13.1. The summed E-state index contributed by atoms with van der Waals surface area (Å²) in [6, 6.07) is 6.26. The largest absolute Gasteiger partial charge is 0.322 e. The fourth-order valence-electron chi connectivity index (χ4n) is 3.13. The zero-order chi connectivity index (χ0) is 20.3. The number of carbonyl (C=O) groups is 1. The van der Waals surface area contributed by atoms with Crippen LogP contribution in [0, 0.1) is 6.92 Å². The Morgan fingerprint density at radius 1 is 1.11 bits per heavy atom. The lowest BCUT2D eigenvalue weighted by molar-refractivity contribution is 0.102. The highest BCUT2D eigenvalue weighted by molar-refractivity contribution is 7.89. The molecule has 150 valence electrons. The van der Waals surface area contributed by atoms with E-state index in [4.69, 9.17) is 23.2 Å². The third kappa shape index (κ3) is 4.66. The summed E-state index contributed by atoms with van der Waals surface area (Å²) >= 11 is 11.7. The van der Waals surface area contributed by atoms with E-state index < -0.39 is 15.9 Å². The van der Waals surface area contributed by atoms with Gasteiger partial charge in [-0.3, -0.25) is 4.79 Å². The minimum atomic E-state index is -3.62. The monoisotopic (exact) mass is 441 g/mol. The number of halogens is 2. The van der Waals surface area contributed by atoms with E-state index >= 15 is 0 Å². The van der Waals surface area contributed by atoms with Gasteiger partial charge in [-0.1, -0.05) is 42.1 Å². The van der Waals surface area contributed by atoms with Crippen molar-refractivity contribution in [2.75, 3.05) is 18.4 Å². The Hall–Kier alpha value is -1.67. The predicted octanol–water partition coefficient (Wildman–Crippen LogP) is 4.51. The van der Waals surface area contributed by atoms with Gasteiger partial charge in [0.15, 0.2) is 0 Å². The summed E-state index contributed by atoms with van der Waals surface area (Å²) < 4.78 is 27.8. The number of carbonyl (C=O) groups excluding carboxylic acids is 1. The third-order valence-electron chi connectivity index (χ3n) is 4.69. The highest BCUT2D eigenvalue weighted by atomic mass is 35.5. The highest BCUT2D eigenvalue weighted by Crippen LogP contribution is 2.26. The van der Waals surface area contributed by atoms with Gasteiger partial charge in [-0.2, -0.15) is 4.31 Å². The van der Waals surface area contributed by atoms with Crippen LogP contribution in [0.25, 0.3) is 0 Å². The van der Waals surface area contributed by atoms with Crippen molar-refractivity contribution in [2.45, 2.75) is 37.5 Å². The second-order valence-corrected chi connectivity index (χ2v) is 9.42. The predicted molar refractivity (Wildman–Crippen MR) is 111 cm³/mol. The van der Waals surface area contributed by atoms with Gasteiger partial charge in [0.1, 0.15) is 5.15 Å². The normalized spacial score (nSPS) is 15.8. The van der Waals surface area contributed by atoms with Gasteiger partial charge in [0.05, 0.1) is 15.5 Å². The number of benzene rings is 1. The molecule has 1 aromatic heterocycles. The highest BCUT2D eigenvalue weighted by Gasteiger charge is 2.27. The Morgan fingerprint density at radius 3 is 2.43 bits per heavy atom. The Bertz CT molecular complexity index is 988. The summed E-state index contributed by atoms with van der Waals surface area (Å²) in [5.41, 5.74) is 1.25. The molecule has 1 aliphatic rings. The van der Waals surface area contributed by atoms with Crippen LogP contribution in [0.15, 0.2) is 35.4 Å². The van der Waals surface area contributed by atoms with Gasteiger partial charge in [0, 0.05) is 25.0 Å². The maximum Gasteiger partial charge on any atom is 0.257 e. The molecule has 3 rings (SSSR count). The molecule has 1 aromatic carbocycles. The fraction of sp³-hybridized carbons (Fsp3) is 0.368. The molecule has 0 radical (unpaired) electrons. The van der Waals surface area contributed by atoms with Crippen molar-refractivity contribution in [2.24, 2.45) is 0 Å². The van der Waals surface area contributed by atoms with Crippen molar-refractivity contribution in [1.29, 1.82) is 0 Å². The van der Waals surface area contributed by atoms with Crippen LogP contribution in [0.5, 0.6) is 0 Å². The molecular formula is C19H21Cl2N3O3S. The standard InChI is InChI=1S/C19H21Cl2N3O3S/c1-13-6-7-15(23-19(25)14-10-16(20)18(21)22-12-14)11-17(13)28(26,27)24-8-4-2-3-5-9-24/h6-7,10-12H,2-5,8-9H2,1H3,(H,23,25). The van der Waals surface area contributed by atoms with Crippen LogP contribution in [0.4, 0.5) is 5.69 Å². The molecule has 1 amide bonds. The minimum Gasteiger partial charge on any atom is -0.322 e. The molecule has 1 aliphatic heterocycles.